The molecular weight excluding hydrogens is 387 g/mol. The zero-order chi connectivity index (χ0) is 15.3. The van der Waals surface area contributed by atoms with Gasteiger partial charge < -0.3 is 0 Å². The minimum absolute atomic E-state index is 0.690. The molecule has 2 rings (SSSR count). The minimum atomic E-state index is -2.47. The van der Waals surface area contributed by atoms with E-state index in [0.29, 0.717) is 5.92 Å². The second-order valence-corrected chi connectivity index (χ2v) is 21.6. The fourth-order valence-electron chi connectivity index (χ4n) is 2.92. The molecule has 1 aromatic rings. The molecule has 0 saturated heterocycles. The Kier molecular flexibility index (Phi) is 6.75. The van der Waals surface area contributed by atoms with Gasteiger partial charge >= 0.3 is 137 Å². The first kappa shape index (κ1) is 17.5. The van der Waals surface area contributed by atoms with Crippen molar-refractivity contribution in [2.45, 2.75) is 70.6 Å². The van der Waals surface area contributed by atoms with Crippen molar-refractivity contribution in [1.29, 1.82) is 0 Å². The van der Waals surface area contributed by atoms with Crippen molar-refractivity contribution < 1.29 is 6.73 Å². The maximum absolute atomic E-state index is 12.2. The van der Waals surface area contributed by atoms with Crippen LogP contribution >= 0.6 is 0 Å². The Balaban J connectivity index is 2.02. The summed E-state index contributed by atoms with van der Waals surface area (Å²) in [6.07, 6.45) is 9.46. The third-order valence-electron chi connectivity index (χ3n) is 3.97. The van der Waals surface area contributed by atoms with Gasteiger partial charge in [0.25, 0.3) is 0 Å². The second kappa shape index (κ2) is 8.11. The third kappa shape index (κ3) is 6.03. The number of benzene rings is 1. The summed E-state index contributed by atoms with van der Waals surface area (Å²) in [5, 5.41) is 0. The maximum atomic E-state index is 12.2. The van der Waals surface area contributed by atoms with Crippen LogP contribution in [0.2, 0.25) is 14.8 Å². The molecule has 118 valence electrons. The number of hydrogen-bond acceptors (Lipinski definition) is 2. The molecule has 0 aliphatic heterocycles. The number of rotatable bonds is 4. The van der Waals surface area contributed by atoms with Gasteiger partial charge in [0.15, 0.2) is 0 Å². The molecule has 21 heavy (non-hydrogen) atoms. The van der Waals surface area contributed by atoms with E-state index in [0.717, 1.165) is 4.90 Å². The van der Waals surface area contributed by atoms with E-state index < -0.39 is 29.9 Å². The first-order valence-electron chi connectivity index (χ1n) is 8.17. The van der Waals surface area contributed by atoms with Crippen LogP contribution in [0.3, 0.4) is 0 Å². The van der Waals surface area contributed by atoms with Crippen molar-refractivity contribution in [1.82, 2.24) is 0 Å². The molecule has 0 radical (unpaired) electrons. The van der Waals surface area contributed by atoms with Crippen LogP contribution in [0.25, 0.3) is 0 Å². The summed E-state index contributed by atoms with van der Waals surface area (Å²) in [6, 6.07) is 8.34. The van der Waals surface area contributed by atoms with Crippen molar-refractivity contribution in [2.24, 2.45) is 0 Å². The zero-order valence-electron chi connectivity index (χ0n) is 13.6. The van der Waals surface area contributed by atoms with Crippen LogP contribution in [0.4, 0.5) is 0 Å². The van der Waals surface area contributed by atoms with Gasteiger partial charge in [-0.3, -0.25) is 0 Å². The topological polar surface area (TPSA) is 26.3 Å². The molecule has 1 fully saturated rings. The molecule has 0 aromatic heterocycles. The summed E-state index contributed by atoms with van der Waals surface area (Å²) in [6.45, 7) is 0. The molecule has 0 bridgehead atoms. The molecule has 0 N–H and O–H groups in total. The number of hydrogen-bond donors (Lipinski definition) is 0. The fourth-order valence-corrected chi connectivity index (χ4v) is 8.54. The molecule has 0 spiro atoms. The Morgan fingerprint density at radius 2 is 1.48 bits per heavy atom. The summed E-state index contributed by atoms with van der Waals surface area (Å²) in [5.41, 5.74) is 1.41. The van der Waals surface area contributed by atoms with Crippen molar-refractivity contribution in [3.8, 4) is 0 Å². The third-order valence-corrected chi connectivity index (χ3v) is 10.9. The van der Waals surface area contributed by atoms with E-state index in [4.69, 9.17) is 2.52 Å². The predicted octanol–water partition coefficient (Wildman–Crippen LogP) is 5.39. The molecule has 0 amide bonds. The van der Waals surface area contributed by atoms with Gasteiger partial charge in [-0.25, -0.2) is 0 Å². The van der Waals surface area contributed by atoms with Crippen LogP contribution in [-0.4, -0.2) is 23.0 Å². The van der Waals surface area contributed by atoms with Gasteiger partial charge in [-0.15, -0.1) is 0 Å². The SMILES string of the molecule is [CH3][Sn]([CH3])([CH3])[O]S(=O)c1ccc(C2CCCCCCC2)cc1. The first-order valence-corrected chi connectivity index (χ1v) is 19.0. The fraction of sp³-hybridized carbons (Fsp3) is 0.647. The van der Waals surface area contributed by atoms with E-state index in [-0.39, 0.29) is 0 Å². The van der Waals surface area contributed by atoms with E-state index in [1.54, 1.807) is 0 Å². The van der Waals surface area contributed by atoms with Crippen LogP contribution in [0.5, 0.6) is 0 Å². The van der Waals surface area contributed by atoms with Gasteiger partial charge in [0.1, 0.15) is 0 Å². The Bertz CT molecular complexity index is 457. The molecule has 1 saturated carbocycles. The van der Waals surface area contributed by atoms with E-state index in [2.05, 4.69) is 27.0 Å². The van der Waals surface area contributed by atoms with Crippen molar-refractivity contribution in [3.05, 3.63) is 29.8 Å². The molecule has 4 heteroatoms. The van der Waals surface area contributed by atoms with Gasteiger partial charge in [-0.2, -0.15) is 0 Å². The summed E-state index contributed by atoms with van der Waals surface area (Å²) in [4.78, 5) is 7.22. The van der Waals surface area contributed by atoms with Crippen LogP contribution in [-0.2, 0) is 13.6 Å². The van der Waals surface area contributed by atoms with Crippen LogP contribution in [0, 0.1) is 0 Å². The van der Waals surface area contributed by atoms with Gasteiger partial charge in [0, 0.05) is 0 Å². The molecule has 1 atom stereocenters. The average Bonchev–Trinajstić information content (AvgIpc) is 2.36. The van der Waals surface area contributed by atoms with Crippen LogP contribution < -0.4 is 0 Å². The van der Waals surface area contributed by atoms with Gasteiger partial charge in [0.2, 0.25) is 0 Å². The Morgan fingerprint density at radius 3 is 2.00 bits per heavy atom. The summed E-state index contributed by atoms with van der Waals surface area (Å²) in [5.74, 6) is 0.690. The Morgan fingerprint density at radius 1 is 0.952 bits per heavy atom. The quantitative estimate of drug-likeness (QED) is 0.617. The molecule has 1 aliphatic carbocycles. The molecule has 2 nitrogen and oxygen atoms in total. The Labute approximate surface area is 136 Å². The standard InChI is InChI=1S/C14H20O2S.3CH3.Sn/c15-17(16)14-10-8-13(9-11-14)12-6-4-2-1-3-5-7-12;;;;/h8-12H,1-7H2,(H,15,16);3*1H3;/q;;;;+1/p-1. The van der Waals surface area contributed by atoms with Crippen LogP contribution in [0.1, 0.15) is 56.4 Å². The molecule has 0 heterocycles. The van der Waals surface area contributed by atoms with Crippen molar-refractivity contribution in [2.75, 3.05) is 0 Å². The van der Waals surface area contributed by atoms with Gasteiger partial charge in [-0.05, 0) is 0 Å². The van der Waals surface area contributed by atoms with E-state index in [1.165, 1.54) is 50.5 Å². The zero-order valence-corrected chi connectivity index (χ0v) is 17.2. The molecular formula is C17H28O2SSn. The monoisotopic (exact) mass is 416 g/mol. The summed E-state index contributed by atoms with van der Waals surface area (Å²) < 4.78 is 17.9. The first-order chi connectivity index (χ1) is 9.96. The van der Waals surface area contributed by atoms with E-state index in [9.17, 15) is 4.21 Å². The molecule has 1 aliphatic rings. The average molecular weight is 415 g/mol. The Hall–Kier alpha value is 0.129. The van der Waals surface area contributed by atoms with Crippen LogP contribution in [0.15, 0.2) is 29.2 Å². The van der Waals surface area contributed by atoms with E-state index >= 15 is 0 Å². The molecule has 1 unspecified atom stereocenters. The second-order valence-electron chi connectivity index (χ2n) is 7.04. The summed E-state index contributed by atoms with van der Waals surface area (Å²) >= 11 is -3.74. The van der Waals surface area contributed by atoms with E-state index in [1.807, 2.05) is 12.1 Å². The van der Waals surface area contributed by atoms with Crippen molar-refractivity contribution in [3.63, 3.8) is 0 Å². The van der Waals surface area contributed by atoms with Gasteiger partial charge in [0.05, 0.1) is 0 Å². The van der Waals surface area contributed by atoms with Gasteiger partial charge in [-0.1, -0.05) is 0 Å². The molecule has 1 aromatic carbocycles. The van der Waals surface area contributed by atoms with Crippen molar-refractivity contribution >= 4 is 29.9 Å². The predicted molar refractivity (Wildman–Crippen MR) is 92.3 cm³/mol. The normalized spacial score (nSPS) is 19.8. The summed E-state index contributed by atoms with van der Waals surface area (Å²) in [7, 11) is 0.